The van der Waals surface area contributed by atoms with Gasteiger partial charge in [-0.15, -0.1) is 0 Å². The highest BCUT2D eigenvalue weighted by atomic mass is 32.2. The molecule has 2 atom stereocenters. The van der Waals surface area contributed by atoms with Gasteiger partial charge in [-0.3, -0.25) is 4.90 Å². The molecule has 6 nitrogen and oxygen atoms in total. The number of carbonyl (C=O) groups is 1. The van der Waals surface area contributed by atoms with Gasteiger partial charge >= 0.3 is 12.1 Å². The van der Waals surface area contributed by atoms with Crippen LogP contribution < -0.4 is 4.72 Å². The second-order valence-corrected chi connectivity index (χ2v) is 8.70. The second-order valence-electron chi connectivity index (χ2n) is 6.95. The van der Waals surface area contributed by atoms with E-state index in [0.717, 1.165) is 25.9 Å². The number of rotatable bonds is 6. The number of esters is 1. The van der Waals surface area contributed by atoms with Crippen LogP contribution in [0.5, 0.6) is 0 Å². The molecule has 3 aliphatic rings. The maximum atomic E-state index is 12.7. The first kappa shape index (κ1) is 20.1. The van der Waals surface area contributed by atoms with Crippen molar-refractivity contribution < 1.29 is 31.1 Å². The number of carbonyl (C=O) groups excluding carboxylic acids is 1. The Kier molecular flexibility index (Phi) is 5.78. The molecule has 2 bridgehead atoms. The van der Waals surface area contributed by atoms with Crippen LogP contribution in [0.2, 0.25) is 0 Å². The van der Waals surface area contributed by atoms with Crippen LogP contribution >= 0.6 is 0 Å². The Hall–Kier alpha value is -1.65. The lowest BCUT2D eigenvalue weighted by Crippen LogP contribution is -2.52. The number of ether oxygens (including phenoxy) is 1. The fraction of sp³-hybridized carbons (Fsp3) is 0.588. The van der Waals surface area contributed by atoms with Crippen molar-refractivity contribution in [1.82, 2.24) is 9.62 Å². The van der Waals surface area contributed by atoms with E-state index in [9.17, 15) is 26.4 Å². The highest BCUT2D eigenvalue weighted by Crippen LogP contribution is 2.31. The molecule has 4 rings (SSSR count). The summed E-state index contributed by atoms with van der Waals surface area (Å²) in [6.07, 6.45) is -3.52. The highest BCUT2D eigenvalue weighted by molar-refractivity contribution is 7.89. The third-order valence-electron chi connectivity index (χ3n) is 4.88. The molecular weight excluding hydrogens is 385 g/mol. The van der Waals surface area contributed by atoms with Crippen LogP contribution in [0.3, 0.4) is 0 Å². The lowest BCUT2D eigenvalue weighted by Gasteiger charge is -2.44. The van der Waals surface area contributed by atoms with Crippen molar-refractivity contribution >= 4 is 16.0 Å². The Labute approximate surface area is 155 Å². The summed E-state index contributed by atoms with van der Waals surface area (Å²) in [7, 11) is -4.77. The van der Waals surface area contributed by atoms with Gasteiger partial charge in [-0.2, -0.15) is 17.9 Å². The Morgan fingerprint density at radius 1 is 1.22 bits per heavy atom. The molecule has 1 aromatic carbocycles. The van der Waals surface area contributed by atoms with Gasteiger partial charge in [-0.1, -0.05) is 30.3 Å². The largest absolute Gasteiger partial charge is 0.459 e. The van der Waals surface area contributed by atoms with Crippen molar-refractivity contribution in [3.8, 4) is 0 Å². The van der Waals surface area contributed by atoms with E-state index in [1.54, 1.807) is 18.2 Å². The molecular formula is C17H21F3N2O4S. The van der Waals surface area contributed by atoms with Crippen molar-refractivity contribution in [3.05, 3.63) is 35.9 Å². The summed E-state index contributed by atoms with van der Waals surface area (Å²) in [5.74, 6) is -2.75. The standard InChI is InChI=1S/C17H21F3N2O4S/c18-17(19,20)11-27(24,25)21-15(13-4-2-1-3-5-13)16(23)26-14-10-22-8-6-12(14)7-9-22/h1-5,12,14-15,21H,6-11H2/t14-,15?/m0/s1. The maximum absolute atomic E-state index is 12.7. The highest BCUT2D eigenvalue weighted by Gasteiger charge is 2.40. The van der Waals surface area contributed by atoms with Gasteiger partial charge in [-0.05, 0) is 37.4 Å². The van der Waals surface area contributed by atoms with Gasteiger partial charge in [0.05, 0.1) is 0 Å². The molecule has 27 heavy (non-hydrogen) atoms. The summed E-state index contributed by atoms with van der Waals surface area (Å²) in [5, 5.41) is 0. The number of benzene rings is 1. The van der Waals surface area contributed by atoms with Crippen LogP contribution in [0.1, 0.15) is 24.4 Å². The van der Waals surface area contributed by atoms with E-state index in [1.807, 2.05) is 4.72 Å². The van der Waals surface area contributed by atoms with E-state index in [2.05, 4.69) is 4.90 Å². The van der Waals surface area contributed by atoms with Gasteiger partial charge in [0.1, 0.15) is 12.1 Å². The molecule has 3 aliphatic heterocycles. The van der Waals surface area contributed by atoms with Gasteiger partial charge in [0, 0.05) is 6.54 Å². The van der Waals surface area contributed by atoms with E-state index in [4.69, 9.17) is 4.74 Å². The summed E-state index contributed by atoms with van der Waals surface area (Å²) in [4.78, 5) is 14.8. The van der Waals surface area contributed by atoms with Gasteiger partial charge < -0.3 is 4.74 Å². The summed E-state index contributed by atoms with van der Waals surface area (Å²) in [6.45, 7) is 2.42. The SMILES string of the molecule is O=C(O[C@H]1CN2CCC1CC2)C(NS(=O)(=O)CC(F)(F)F)c1ccccc1. The molecule has 3 heterocycles. The lowest BCUT2D eigenvalue weighted by molar-refractivity contribution is -0.161. The molecule has 0 aliphatic carbocycles. The minimum absolute atomic E-state index is 0.196. The van der Waals surface area contributed by atoms with Crippen LogP contribution in [0.15, 0.2) is 30.3 Å². The van der Waals surface area contributed by atoms with Crippen LogP contribution in [-0.4, -0.2) is 57.0 Å². The third-order valence-corrected chi connectivity index (χ3v) is 6.19. The quantitative estimate of drug-likeness (QED) is 0.730. The number of piperidine rings is 3. The zero-order valence-corrected chi connectivity index (χ0v) is 15.3. The smallest absolute Gasteiger partial charge is 0.404 e. The average molecular weight is 406 g/mol. The minimum atomic E-state index is -4.91. The van der Waals surface area contributed by atoms with Gasteiger partial charge in [0.25, 0.3) is 0 Å². The van der Waals surface area contributed by atoms with Crippen LogP contribution in [-0.2, 0) is 19.6 Å². The number of hydrogen-bond acceptors (Lipinski definition) is 5. The molecule has 0 amide bonds. The molecule has 1 unspecified atom stereocenters. The molecule has 0 saturated carbocycles. The fourth-order valence-corrected chi connectivity index (χ4v) is 4.70. The van der Waals surface area contributed by atoms with Crippen molar-refractivity contribution in [2.24, 2.45) is 5.92 Å². The number of sulfonamides is 1. The first-order valence-electron chi connectivity index (χ1n) is 8.67. The number of nitrogens with zero attached hydrogens (tertiary/aromatic N) is 1. The lowest BCUT2D eigenvalue weighted by atomic mass is 9.86. The molecule has 0 aromatic heterocycles. The van der Waals surface area contributed by atoms with E-state index >= 15 is 0 Å². The summed E-state index contributed by atoms with van der Waals surface area (Å²) >= 11 is 0. The van der Waals surface area contributed by atoms with E-state index < -0.39 is 34.0 Å². The van der Waals surface area contributed by atoms with Crippen LogP contribution in [0, 0.1) is 5.92 Å². The average Bonchev–Trinajstić information content (AvgIpc) is 2.59. The molecule has 0 spiro atoms. The predicted molar refractivity (Wildman–Crippen MR) is 91.2 cm³/mol. The number of fused-ring (bicyclic) bond motifs is 3. The zero-order valence-electron chi connectivity index (χ0n) is 14.5. The number of nitrogens with one attached hydrogen (secondary N) is 1. The van der Waals surface area contributed by atoms with Crippen LogP contribution in [0.25, 0.3) is 0 Å². The van der Waals surface area contributed by atoms with Crippen molar-refractivity contribution in [3.63, 3.8) is 0 Å². The van der Waals surface area contributed by atoms with Gasteiger partial charge in [0.2, 0.25) is 10.0 Å². The number of alkyl halides is 3. The summed E-state index contributed by atoms with van der Waals surface area (Å²) in [5.41, 5.74) is 0.231. The molecule has 10 heteroatoms. The third kappa shape index (κ3) is 5.43. The van der Waals surface area contributed by atoms with E-state index in [1.165, 1.54) is 12.1 Å². The summed E-state index contributed by atoms with van der Waals surface area (Å²) < 4.78 is 68.8. The number of halogens is 3. The topological polar surface area (TPSA) is 75.7 Å². The van der Waals surface area contributed by atoms with E-state index in [0.29, 0.717) is 6.54 Å². The van der Waals surface area contributed by atoms with Crippen molar-refractivity contribution in [1.29, 1.82) is 0 Å². The first-order valence-corrected chi connectivity index (χ1v) is 10.3. The Bertz CT molecular complexity index is 762. The fourth-order valence-electron chi connectivity index (χ4n) is 3.60. The second kappa shape index (κ2) is 7.76. The Balaban J connectivity index is 1.77. The Morgan fingerprint density at radius 3 is 2.37 bits per heavy atom. The monoisotopic (exact) mass is 406 g/mol. The molecule has 1 N–H and O–H groups in total. The molecule has 1 aromatic rings. The first-order chi connectivity index (χ1) is 12.6. The van der Waals surface area contributed by atoms with Crippen LogP contribution in [0.4, 0.5) is 13.2 Å². The zero-order chi connectivity index (χ0) is 19.7. The normalized spacial score (nSPS) is 26.6. The van der Waals surface area contributed by atoms with Gasteiger partial charge in [0.15, 0.2) is 5.75 Å². The molecule has 3 fully saturated rings. The summed E-state index contributed by atoms with van der Waals surface area (Å²) in [6, 6.07) is 6.22. The van der Waals surface area contributed by atoms with Gasteiger partial charge in [-0.25, -0.2) is 13.2 Å². The Morgan fingerprint density at radius 2 is 1.85 bits per heavy atom. The minimum Gasteiger partial charge on any atom is -0.459 e. The van der Waals surface area contributed by atoms with Crippen molar-refractivity contribution in [2.45, 2.75) is 31.2 Å². The molecule has 3 saturated heterocycles. The van der Waals surface area contributed by atoms with E-state index in [-0.39, 0.29) is 17.6 Å². The molecule has 0 radical (unpaired) electrons. The van der Waals surface area contributed by atoms with Crippen molar-refractivity contribution in [2.75, 3.05) is 25.4 Å². The predicted octanol–water partition coefficient (Wildman–Crippen LogP) is 1.85. The number of hydrogen-bond donors (Lipinski definition) is 1. The maximum Gasteiger partial charge on any atom is 0.404 e. The molecule has 150 valence electrons.